The minimum absolute atomic E-state index is 0.137. The molecule has 0 spiro atoms. The summed E-state index contributed by atoms with van der Waals surface area (Å²) in [5.41, 5.74) is 0.967. The molecule has 1 aromatic heterocycles. The van der Waals surface area contributed by atoms with Crippen molar-refractivity contribution in [1.82, 2.24) is 15.2 Å². The van der Waals surface area contributed by atoms with E-state index in [1.54, 1.807) is 37.3 Å². The fraction of sp³-hybridized carbons (Fsp3) is 0.263. The molecule has 0 radical (unpaired) electrons. The molecule has 0 bridgehead atoms. The molecule has 0 saturated heterocycles. The second-order valence-electron chi connectivity index (χ2n) is 6.06. The van der Waals surface area contributed by atoms with E-state index in [2.05, 4.69) is 10.3 Å². The highest BCUT2D eigenvalue weighted by Gasteiger charge is 2.29. The van der Waals surface area contributed by atoms with Crippen LogP contribution in [0.15, 0.2) is 42.1 Å². The molecular weight excluding hydrogens is 366 g/mol. The summed E-state index contributed by atoms with van der Waals surface area (Å²) in [6, 6.07) is 8.30. The number of benzene rings is 1. The molecule has 27 heavy (non-hydrogen) atoms. The molecule has 0 fully saturated rings. The number of thiazole rings is 1. The van der Waals surface area contributed by atoms with Gasteiger partial charge in [-0.2, -0.15) is 0 Å². The van der Waals surface area contributed by atoms with Crippen LogP contribution in [0.4, 0.5) is 0 Å². The lowest BCUT2D eigenvalue weighted by atomic mass is 10.0. The number of carboxylic acids is 1. The second kappa shape index (κ2) is 9.20. The molecule has 1 aromatic carbocycles. The van der Waals surface area contributed by atoms with E-state index in [1.807, 2.05) is 19.0 Å². The molecule has 0 amide bonds. The number of aryl methyl sites for hydroxylation is 1. The molecule has 0 aliphatic heterocycles. The van der Waals surface area contributed by atoms with Crippen LogP contribution >= 0.6 is 11.3 Å². The summed E-state index contributed by atoms with van der Waals surface area (Å²) in [5, 5.41) is 12.1. The minimum Gasteiger partial charge on any atom is -0.478 e. The number of ketones is 2. The Hall–Kier alpha value is -2.84. The number of Topliss-reactive ketones (excluding diaryl/α,β-unsaturated/α-hetero) is 1. The normalized spacial score (nSPS) is 12.8. The van der Waals surface area contributed by atoms with Gasteiger partial charge in [-0.25, -0.2) is 9.78 Å². The SMILES string of the molecule is Cc1nc2c(s1)C(=O)C=C(NCCN(C)C)C2=O.O=C(O)c1ccccc1. The summed E-state index contributed by atoms with van der Waals surface area (Å²) < 4.78 is 0. The van der Waals surface area contributed by atoms with Crippen molar-refractivity contribution in [3.8, 4) is 0 Å². The molecule has 3 rings (SSSR count). The zero-order chi connectivity index (χ0) is 20.0. The van der Waals surface area contributed by atoms with Gasteiger partial charge in [0, 0.05) is 19.2 Å². The maximum atomic E-state index is 12.1. The number of aromatic nitrogens is 1. The van der Waals surface area contributed by atoms with E-state index in [1.165, 1.54) is 17.4 Å². The van der Waals surface area contributed by atoms with Crippen LogP contribution in [-0.4, -0.2) is 59.7 Å². The highest BCUT2D eigenvalue weighted by molar-refractivity contribution is 7.14. The topological polar surface area (TPSA) is 99.6 Å². The molecule has 8 heteroatoms. The average molecular weight is 387 g/mol. The zero-order valence-corrected chi connectivity index (χ0v) is 16.2. The number of carbonyl (C=O) groups is 3. The van der Waals surface area contributed by atoms with Crippen LogP contribution in [0.1, 0.15) is 35.5 Å². The predicted molar refractivity (Wildman–Crippen MR) is 104 cm³/mol. The van der Waals surface area contributed by atoms with Crippen LogP contribution in [0.25, 0.3) is 0 Å². The fourth-order valence-electron chi connectivity index (χ4n) is 2.26. The van der Waals surface area contributed by atoms with Crippen LogP contribution in [0, 0.1) is 6.92 Å². The third-order valence-corrected chi connectivity index (χ3v) is 4.57. The molecule has 142 valence electrons. The number of allylic oxidation sites excluding steroid dienone is 2. The summed E-state index contributed by atoms with van der Waals surface area (Å²) in [6.45, 7) is 3.21. The summed E-state index contributed by atoms with van der Waals surface area (Å²) in [7, 11) is 3.90. The number of nitrogens with zero attached hydrogens (tertiary/aromatic N) is 2. The predicted octanol–water partition coefficient (Wildman–Crippen LogP) is 2.25. The lowest BCUT2D eigenvalue weighted by Crippen LogP contribution is -2.31. The Bertz CT molecular complexity index is 872. The van der Waals surface area contributed by atoms with Crippen molar-refractivity contribution in [2.24, 2.45) is 0 Å². The van der Waals surface area contributed by atoms with E-state index >= 15 is 0 Å². The van der Waals surface area contributed by atoms with Crippen LogP contribution < -0.4 is 5.32 Å². The lowest BCUT2D eigenvalue weighted by molar-refractivity contribution is 0.0696. The Labute approximate surface area is 161 Å². The van der Waals surface area contributed by atoms with E-state index in [4.69, 9.17) is 5.11 Å². The first-order valence-corrected chi connectivity index (χ1v) is 9.06. The third-order valence-electron chi connectivity index (χ3n) is 3.59. The zero-order valence-electron chi connectivity index (χ0n) is 15.4. The van der Waals surface area contributed by atoms with Crippen molar-refractivity contribution in [3.63, 3.8) is 0 Å². The van der Waals surface area contributed by atoms with Crippen LogP contribution in [0.3, 0.4) is 0 Å². The van der Waals surface area contributed by atoms with Gasteiger partial charge in [-0.1, -0.05) is 18.2 Å². The first-order chi connectivity index (χ1) is 12.8. The fourth-order valence-corrected chi connectivity index (χ4v) is 3.09. The number of nitrogens with one attached hydrogen (secondary N) is 1. The average Bonchev–Trinajstić information content (AvgIpc) is 3.03. The number of aromatic carboxylic acids is 1. The lowest BCUT2D eigenvalue weighted by Gasteiger charge is -2.15. The number of hydrogen-bond acceptors (Lipinski definition) is 7. The molecular formula is C19H21N3O4S. The van der Waals surface area contributed by atoms with E-state index < -0.39 is 5.97 Å². The number of rotatable bonds is 5. The smallest absolute Gasteiger partial charge is 0.335 e. The van der Waals surface area contributed by atoms with Crippen LogP contribution in [0.5, 0.6) is 0 Å². The molecule has 2 aromatic rings. The molecule has 1 aliphatic carbocycles. The maximum absolute atomic E-state index is 12.1. The van der Waals surface area contributed by atoms with E-state index in [0.717, 1.165) is 11.6 Å². The van der Waals surface area contributed by atoms with Gasteiger partial charge in [0.05, 0.1) is 16.3 Å². The third kappa shape index (κ3) is 5.57. The quantitative estimate of drug-likeness (QED) is 0.812. The van der Waals surface area contributed by atoms with Gasteiger partial charge in [0.15, 0.2) is 5.78 Å². The second-order valence-corrected chi connectivity index (χ2v) is 7.27. The van der Waals surface area contributed by atoms with E-state index in [9.17, 15) is 14.4 Å². The summed E-state index contributed by atoms with van der Waals surface area (Å²) >= 11 is 1.27. The first kappa shape index (κ1) is 20.5. The Morgan fingerprint density at radius 1 is 1.22 bits per heavy atom. The van der Waals surface area contributed by atoms with Gasteiger partial charge >= 0.3 is 5.97 Å². The molecule has 2 N–H and O–H groups in total. The number of fused-ring (bicyclic) bond motifs is 1. The van der Waals surface area contributed by atoms with Crippen LogP contribution in [0.2, 0.25) is 0 Å². The summed E-state index contributed by atoms with van der Waals surface area (Å²) in [5.74, 6) is -1.20. The highest BCUT2D eigenvalue weighted by atomic mass is 32.1. The summed E-state index contributed by atoms with van der Waals surface area (Å²) in [6.07, 6.45) is 1.37. The van der Waals surface area contributed by atoms with Crippen molar-refractivity contribution in [1.29, 1.82) is 0 Å². The molecule has 0 unspecified atom stereocenters. The van der Waals surface area contributed by atoms with Gasteiger partial charge in [-0.3, -0.25) is 9.59 Å². The van der Waals surface area contributed by atoms with E-state index in [-0.39, 0.29) is 17.3 Å². The van der Waals surface area contributed by atoms with Crippen molar-refractivity contribution in [2.75, 3.05) is 27.2 Å². The molecule has 0 saturated carbocycles. The number of hydrogen-bond donors (Lipinski definition) is 2. The van der Waals surface area contributed by atoms with E-state index in [0.29, 0.717) is 22.7 Å². The standard InChI is InChI=1S/C12H15N3O2S.C7H6O2/c1-7-14-10-11(17)8(13-4-5-15(2)3)6-9(16)12(10)18-7;8-7(9)6-4-2-1-3-5-6/h6,13H,4-5H2,1-3H3;1-5H,(H,8,9). The van der Waals surface area contributed by atoms with Gasteiger partial charge in [-0.15, -0.1) is 11.3 Å². The van der Waals surface area contributed by atoms with Crippen molar-refractivity contribution >= 4 is 28.9 Å². The number of carbonyl (C=O) groups excluding carboxylic acids is 2. The Kier molecular flexibility index (Phi) is 6.98. The van der Waals surface area contributed by atoms with Gasteiger partial charge in [0.2, 0.25) is 5.78 Å². The molecule has 0 atom stereocenters. The van der Waals surface area contributed by atoms with Crippen molar-refractivity contribution in [3.05, 3.63) is 63.2 Å². The largest absolute Gasteiger partial charge is 0.478 e. The number of likely N-dealkylation sites (N-methyl/N-ethyl adjacent to an activating group) is 1. The minimum atomic E-state index is -0.879. The number of carboxylic acid groups (broad SMARTS) is 1. The first-order valence-electron chi connectivity index (χ1n) is 8.24. The van der Waals surface area contributed by atoms with Gasteiger partial charge in [0.25, 0.3) is 0 Å². The van der Waals surface area contributed by atoms with Gasteiger partial charge < -0.3 is 15.3 Å². The maximum Gasteiger partial charge on any atom is 0.335 e. The van der Waals surface area contributed by atoms with Crippen molar-refractivity contribution < 1.29 is 19.5 Å². The van der Waals surface area contributed by atoms with Gasteiger partial charge in [-0.05, 0) is 33.2 Å². The molecule has 1 heterocycles. The molecule has 7 nitrogen and oxygen atoms in total. The monoisotopic (exact) mass is 387 g/mol. The molecule has 1 aliphatic rings. The van der Waals surface area contributed by atoms with Crippen LogP contribution in [-0.2, 0) is 0 Å². The summed E-state index contributed by atoms with van der Waals surface area (Å²) in [4.78, 5) is 40.7. The van der Waals surface area contributed by atoms with Crippen molar-refractivity contribution in [2.45, 2.75) is 6.92 Å². The Morgan fingerprint density at radius 2 is 1.89 bits per heavy atom. The Morgan fingerprint density at radius 3 is 2.44 bits per heavy atom. The Balaban J connectivity index is 0.000000244. The highest BCUT2D eigenvalue weighted by Crippen LogP contribution is 2.25. The van der Waals surface area contributed by atoms with Gasteiger partial charge in [0.1, 0.15) is 10.6 Å².